The van der Waals surface area contributed by atoms with E-state index >= 15 is 0 Å². The predicted molar refractivity (Wildman–Crippen MR) is 110 cm³/mol. The van der Waals surface area contributed by atoms with E-state index in [1.54, 1.807) is 0 Å². The summed E-state index contributed by atoms with van der Waals surface area (Å²) in [4.78, 5) is 23.6. The van der Waals surface area contributed by atoms with Crippen molar-refractivity contribution >= 4 is 32.2 Å². The van der Waals surface area contributed by atoms with Gasteiger partial charge in [0.05, 0.1) is 7.11 Å². The molecule has 0 bridgehead atoms. The molecule has 0 aliphatic carbocycles. The van der Waals surface area contributed by atoms with Crippen LogP contribution in [0, 0.1) is 6.92 Å². The molecule has 0 spiro atoms. The number of halogens is 6. The van der Waals surface area contributed by atoms with Crippen LogP contribution in [0.15, 0.2) is 11.6 Å². The Balaban J connectivity index is 2.83. The molecule has 0 atom stereocenters. The van der Waals surface area contributed by atoms with E-state index in [0.717, 1.165) is 20.1 Å². The van der Waals surface area contributed by atoms with Crippen molar-refractivity contribution in [2.75, 3.05) is 7.11 Å². The molecule has 0 unspecified atom stereocenters. The minimum atomic E-state index is -6.50. The molecule has 37 heavy (non-hydrogen) atoms. The topological polar surface area (TPSA) is 139 Å². The van der Waals surface area contributed by atoms with Crippen LogP contribution in [0.2, 0.25) is 0 Å². The van der Waals surface area contributed by atoms with Crippen LogP contribution < -0.4 is 8.37 Å². The van der Waals surface area contributed by atoms with E-state index in [9.17, 15) is 52.8 Å². The number of allylic oxidation sites excluding steroid dienone is 2. The Bertz CT molecular complexity index is 1340. The first kappa shape index (κ1) is 30.2. The lowest BCUT2D eigenvalue weighted by Crippen LogP contribution is -2.30. The molecule has 2 rings (SSSR count). The van der Waals surface area contributed by atoms with E-state index < -0.39 is 90.0 Å². The minimum Gasteiger partial charge on any atom is -0.469 e. The quantitative estimate of drug-likeness (QED) is 0.139. The van der Waals surface area contributed by atoms with Gasteiger partial charge in [0.2, 0.25) is 0 Å². The van der Waals surface area contributed by atoms with Gasteiger partial charge in [-0.05, 0) is 26.7 Å². The van der Waals surface area contributed by atoms with Crippen molar-refractivity contribution in [3.05, 3.63) is 33.9 Å². The Kier molecular flexibility index (Phi) is 8.48. The number of esters is 2. The molecule has 18 heteroatoms. The zero-order valence-electron chi connectivity index (χ0n) is 19.1. The third-order valence-corrected chi connectivity index (χ3v) is 6.89. The van der Waals surface area contributed by atoms with Crippen LogP contribution in [0.1, 0.15) is 46.8 Å². The summed E-state index contributed by atoms with van der Waals surface area (Å²) in [7, 11) is -11.8. The van der Waals surface area contributed by atoms with Crippen LogP contribution >= 0.6 is 0 Å². The maximum absolute atomic E-state index is 13.1. The number of methoxy groups -OCH3 is 1. The minimum absolute atomic E-state index is 0.00722. The fourth-order valence-electron chi connectivity index (χ4n) is 3.03. The highest BCUT2D eigenvalue weighted by Gasteiger charge is 2.52. The predicted octanol–water partition coefficient (Wildman–Crippen LogP) is 3.56. The number of carbonyl (C=O) groups is 2. The van der Waals surface area contributed by atoms with Gasteiger partial charge < -0.3 is 17.8 Å². The zero-order valence-corrected chi connectivity index (χ0v) is 20.7. The number of fused-ring (bicyclic) bond motifs is 1. The van der Waals surface area contributed by atoms with Crippen molar-refractivity contribution < 1.29 is 70.6 Å². The second-order valence-electron chi connectivity index (χ2n) is 7.49. The number of hydrogen-bond acceptors (Lipinski definition) is 10. The second kappa shape index (κ2) is 10.4. The third kappa shape index (κ3) is 6.46. The number of cyclic esters (lactones) is 1. The number of carbonyl (C=O) groups excluding carboxylic acids is 2. The summed E-state index contributed by atoms with van der Waals surface area (Å²) in [6.07, 6.45) is 0.170. The van der Waals surface area contributed by atoms with Crippen LogP contribution in [-0.2, 0) is 47.5 Å². The van der Waals surface area contributed by atoms with Gasteiger partial charge >= 0.3 is 43.2 Å². The lowest BCUT2D eigenvalue weighted by atomic mass is 9.95. The second-order valence-corrected chi connectivity index (χ2v) is 10.6. The van der Waals surface area contributed by atoms with Gasteiger partial charge in [-0.3, -0.25) is 4.79 Å². The third-order valence-electron chi connectivity index (χ3n) is 4.98. The molecule has 0 amide bonds. The number of benzene rings is 1. The van der Waals surface area contributed by atoms with Gasteiger partial charge in [-0.2, -0.15) is 43.2 Å². The van der Waals surface area contributed by atoms with Crippen molar-refractivity contribution in [2.45, 2.75) is 50.7 Å². The first-order valence-corrected chi connectivity index (χ1v) is 12.6. The lowest BCUT2D eigenvalue weighted by Gasteiger charge is -2.21. The largest absolute Gasteiger partial charge is 0.534 e. The number of rotatable bonds is 9. The Morgan fingerprint density at radius 3 is 1.97 bits per heavy atom. The molecule has 0 N–H and O–H groups in total. The molecular formula is C19H18F6O10S2. The monoisotopic (exact) mass is 584 g/mol. The standard InChI is InChI=1S/C19H18F6O10S2/c1-9(5-7-13(26)32-3)4-6-11-15(34-36(28,29)18(20,21)22)10(2)12-8-33-17(27)14(12)16(11)35-37(30,31)19(23,24)25/h4H,5-8H2,1-3H3/b9-4+. The van der Waals surface area contributed by atoms with E-state index in [2.05, 4.69) is 17.8 Å². The van der Waals surface area contributed by atoms with Gasteiger partial charge in [-0.15, -0.1) is 0 Å². The van der Waals surface area contributed by atoms with Gasteiger partial charge in [-0.1, -0.05) is 11.6 Å². The van der Waals surface area contributed by atoms with Crippen molar-refractivity contribution in [2.24, 2.45) is 0 Å². The molecule has 1 aliphatic rings. The molecule has 0 radical (unpaired) electrons. The number of hydrogen-bond donors (Lipinski definition) is 0. The highest BCUT2D eigenvalue weighted by molar-refractivity contribution is 7.88. The van der Waals surface area contributed by atoms with E-state index in [0.29, 0.717) is 5.57 Å². The summed E-state index contributed by atoms with van der Waals surface area (Å²) in [6, 6.07) is 0. The van der Waals surface area contributed by atoms with Crippen LogP contribution in [0.3, 0.4) is 0 Å². The van der Waals surface area contributed by atoms with E-state index in [-0.39, 0.29) is 12.8 Å². The molecule has 0 saturated carbocycles. The van der Waals surface area contributed by atoms with E-state index in [4.69, 9.17) is 0 Å². The highest BCUT2D eigenvalue weighted by Crippen LogP contribution is 2.46. The molecule has 0 saturated heterocycles. The molecule has 1 heterocycles. The smallest absolute Gasteiger partial charge is 0.469 e. The average Bonchev–Trinajstić information content (AvgIpc) is 3.14. The molecule has 0 aromatic heterocycles. The van der Waals surface area contributed by atoms with Crippen molar-refractivity contribution in [3.63, 3.8) is 0 Å². The summed E-state index contributed by atoms with van der Waals surface area (Å²) in [5, 5.41) is 0. The van der Waals surface area contributed by atoms with Crippen LogP contribution in [-0.4, -0.2) is 46.9 Å². The Labute approximate surface area is 206 Å². The van der Waals surface area contributed by atoms with Crippen molar-refractivity contribution in [1.82, 2.24) is 0 Å². The summed E-state index contributed by atoms with van der Waals surface area (Å²) in [5.41, 5.74) is -14.4. The molecule has 1 aliphatic heterocycles. The molecule has 1 aromatic rings. The maximum atomic E-state index is 13.1. The Hall–Kier alpha value is -3.02. The first-order valence-electron chi connectivity index (χ1n) is 9.82. The summed E-state index contributed by atoms with van der Waals surface area (Å²) >= 11 is 0. The van der Waals surface area contributed by atoms with Crippen molar-refractivity contribution in [1.29, 1.82) is 0 Å². The van der Waals surface area contributed by atoms with Gasteiger partial charge in [0, 0.05) is 23.1 Å². The van der Waals surface area contributed by atoms with E-state index in [1.807, 2.05) is 0 Å². The van der Waals surface area contributed by atoms with Crippen molar-refractivity contribution in [3.8, 4) is 11.5 Å². The van der Waals surface area contributed by atoms with Crippen LogP contribution in [0.4, 0.5) is 26.3 Å². The fraction of sp³-hybridized carbons (Fsp3) is 0.474. The van der Waals surface area contributed by atoms with Crippen LogP contribution in [0.25, 0.3) is 0 Å². The maximum Gasteiger partial charge on any atom is 0.534 e. The normalized spacial score (nSPS) is 14.7. The Morgan fingerprint density at radius 2 is 1.49 bits per heavy atom. The number of alkyl halides is 6. The highest BCUT2D eigenvalue weighted by atomic mass is 32.2. The molecule has 0 fully saturated rings. The van der Waals surface area contributed by atoms with E-state index in [1.165, 1.54) is 6.92 Å². The van der Waals surface area contributed by atoms with Crippen LogP contribution in [0.5, 0.6) is 11.5 Å². The SMILES string of the molecule is COC(=O)CC/C(C)=C/Cc1c(OS(=O)(=O)C(F)(F)F)c(C)c2c(c1OS(=O)(=O)C(F)(F)F)C(=O)OC2. The molecular weight excluding hydrogens is 566 g/mol. The fourth-order valence-corrected chi connectivity index (χ4v) is 4.07. The Morgan fingerprint density at radius 1 is 0.973 bits per heavy atom. The average molecular weight is 584 g/mol. The summed E-state index contributed by atoms with van der Waals surface area (Å²) in [5.74, 6) is -4.64. The van der Waals surface area contributed by atoms with Gasteiger partial charge in [0.15, 0.2) is 11.5 Å². The molecule has 1 aromatic carbocycles. The zero-order chi connectivity index (χ0) is 28.6. The van der Waals surface area contributed by atoms with Gasteiger partial charge in [0.25, 0.3) is 0 Å². The summed E-state index contributed by atoms with van der Waals surface area (Å²) < 4.78 is 143. The van der Waals surface area contributed by atoms with Gasteiger partial charge in [0.1, 0.15) is 12.2 Å². The molecule has 208 valence electrons. The molecule has 10 nitrogen and oxygen atoms in total. The number of ether oxygens (including phenoxy) is 2. The lowest BCUT2D eigenvalue weighted by molar-refractivity contribution is -0.140. The van der Waals surface area contributed by atoms with Gasteiger partial charge in [-0.25, -0.2) is 4.79 Å². The first-order chi connectivity index (χ1) is 16.7. The summed E-state index contributed by atoms with van der Waals surface area (Å²) in [6.45, 7) is 1.64.